The van der Waals surface area contributed by atoms with Gasteiger partial charge in [0.15, 0.2) is 5.78 Å². The molecule has 19 heavy (non-hydrogen) atoms. The summed E-state index contributed by atoms with van der Waals surface area (Å²) in [7, 11) is 0. The monoisotopic (exact) mass is 258 g/mol. The van der Waals surface area contributed by atoms with Crippen molar-refractivity contribution in [3.05, 3.63) is 29.8 Å². The summed E-state index contributed by atoms with van der Waals surface area (Å²) in [5, 5.41) is 0. The molecule has 2 heteroatoms. The normalized spacial score (nSPS) is 24.0. The summed E-state index contributed by atoms with van der Waals surface area (Å²) in [5.74, 6) is 1.29. The highest BCUT2D eigenvalue weighted by molar-refractivity contribution is 6.01. The van der Waals surface area contributed by atoms with Gasteiger partial charge in [0.1, 0.15) is 5.75 Å². The lowest BCUT2D eigenvalue weighted by atomic mass is 10.0. The fourth-order valence-electron chi connectivity index (χ4n) is 3.09. The lowest BCUT2D eigenvalue weighted by Gasteiger charge is -2.06. The van der Waals surface area contributed by atoms with Crippen LogP contribution in [0.15, 0.2) is 24.3 Å². The standard InChI is InChI=1S/C17H22O2/c1-16(2)15(17(16,3)4)14(18)11-5-7-12(8-6-11)19-13-9-10-13/h5-8,13,15H,9-10H2,1-4H3. The van der Waals surface area contributed by atoms with E-state index in [2.05, 4.69) is 27.7 Å². The van der Waals surface area contributed by atoms with Crippen molar-refractivity contribution in [2.75, 3.05) is 0 Å². The molecule has 0 unspecified atom stereocenters. The molecule has 2 saturated carbocycles. The third kappa shape index (κ3) is 1.98. The summed E-state index contributed by atoms with van der Waals surface area (Å²) in [6, 6.07) is 7.66. The second-order valence-electron chi connectivity index (χ2n) is 7.08. The molecule has 0 spiro atoms. The number of hydrogen-bond acceptors (Lipinski definition) is 2. The number of hydrogen-bond donors (Lipinski definition) is 0. The zero-order chi connectivity index (χ0) is 13.8. The molecule has 0 saturated heterocycles. The van der Waals surface area contributed by atoms with E-state index in [9.17, 15) is 4.79 Å². The first-order valence-electron chi connectivity index (χ1n) is 7.15. The molecule has 0 heterocycles. The molecule has 0 bridgehead atoms. The maximum Gasteiger partial charge on any atom is 0.167 e. The smallest absolute Gasteiger partial charge is 0.167 e. The van der Waals surface area contributed by atoms with E-state index in [-0.39, 0.29) is 22.5 Å². The lowest BCUT2D eigenvalue weighted by molar-refractivity contribution is 0.0945. The summed E-state index contributed by atoms with van der Waals surface area (Å²) in [5.41, 5.74) is 1.02. The van der Waals surface area contributed by atoms with Gasteiger partial charge in [0.2, 0.25) is 0 Å². The fourth-order valence-corrected chi connectivity index (χ4v) is 3.09. The quantitative estimate of drug-likeness (QED) is 0.760. The Bertz CT molecular complexity index is 493. The predicted octanol–water partition coefficient (Wildman–Crippen LogP) is 4.09. The second-order valence-corrected chi connectivity index (χ2v) is 7.08. The average molecular weight is 258 g/mol. The van der Waals surface area contributed by atoms with E-state index in [1.165, 1.54) is 0 Å². The summed E-state index contributed by atoms with van der Waals surface area (Å²) in [6.45, 7) is 8.72. The summed E-state index contributed by atoms with van der Waals surface area (Å²) in [4.78, 5) is 12.5. The molecule has 1 aromatic carbocycles. The third-order valence-corrected chi connectivity index (χ3v) is 5.25. The van der Waals surface area contributed by atoms with Crippen molar-refractivity contribution in [1.82, 2.24) is 0 Å². The Morgan fingerprint density at radius 3 is 2.00 bits per heavy atom. The highest BCUT2D eigenvalue weighted by Crippen LogP contribution is 2.69. The van der Waals surface area contributed by atoms with E-state index in [0.717, 1.165) is 24.2 Å². The number of Topliss-reactive ketones (excluding diaryl/α,β-unsaturated/α-hetero) is 1. The number of ketones is 1. The number of ether oxygens (including phenoxy) is 1. The number of benzene rings is 1. The van der Waals surface area contributed by atoms with Gasteiger partial charge in [-0.1, -0.05) is 27.7 Å². The van der Waals surface area contributed by atoms with E-state index in [1.807, 2.05) is 24.3 Å². The minimum atomic E-state index is 0.104. The van der Waals surface area contributed by atoms with E-state index >= 15 is 0 Å². The maximum atomic E-state index is 12.5. The molecule has 102 valence electrons. The summed E-state index contributed by atoms with van der Waals surface area (Å²) >= 11 is 0. The molecule has 2 aliphatic carbocycles. The van der Waals surface area contributed by atoms with Gasteiger partial charge in [-0.2, -0.15) is 0 Å². The molecule has 2 nitrogen and oxygen atoms in total. The van der Waals surface area contributed by atoms with Crippen LogP contribution in [0.2, 0.25) is 0 Å². The van der Waals surface area contributed by atoms with Crippen molar-refractivity contribution >= 4 is 5.78 Å². The molecule has 2 fully saturated rings. The molecule has 0 aliphatic heterocycles. The van der Waals surface area contributed by atoms with E-state index in [1.54, 1.807) is 0 Å². The SMILES string of the molecule is CC1(C)C(C(=O)c2ccc(OC3CC3)cc2)C1(C)C. The third-order valence-electron chi connectivity index (χ3n) is 5.25. The van der Waals surface area contributed by atoms with Gasteiger partial charge in [-0.3, -0.25) is 4.79 Å². The van der Waals surface area contributed by atoms with Gasteiger partial charge in [0.05, 0.1) is 6.10 Å². The van der Waals surface area contributed by atoms with Gasteiger partial charge in [-0.25, -0.2) is 0 Å². The van der Waals surface area contributed by atoms with Crippen molar-refractivity contribution in [3.8, 4) is 5.75 Å². The first-order chi connectivity index (χ1) is 8.84. The Hall–Kier alpha value is -1.31. The van der Waals surface area contributed by atoms with Gasteiger partial charge in [-0.05, 0) is 47.9 Å². The number of carbonyl (C=O) groups excluding carboxylic acids is 1. The summed E-state index contributed by atoms with van der Waals surface area (Å²) in [6.07, 6.45) is 2.72. The Morgan fingerprint density at radius 1 is 1.05 bits per heavy atom. The van der Waals surface area contributed by atoms with E-state index in [4.69, 9.17) is 4.74 Å². The van der Waals surface area contributed by atoms with Crippen molar-refractivity contribution in [1.29, 1.82) is 0 Å². The Balaban J connectivity index is 1.74. The Labute approximate surface area is 115 Å². The molecule has 0 atom stereocenters. The number of rotatable bonds is 4. The van der Waals surface area contributed by atoms with Crippen molar-refractivity contribution in [2.45, 2.75) is 46.6 Å². The molecular formula is C17H22O2. The van der Waals surface area contributed by atoms with Crippen LogP contribution in [-0.4, -0.2) is 11.9 Å². The van der Waals surface area contributed by atoms with Crippen LogP contribution in [0.5, 0.6) is 5.75 Å². The minimum Gasteiger partial charge on any atom is -0.490 e. The lowest BCUT2D eigenvalue weighted by Crippen LogP contribution is -2.07. The van der Waals surface area contributed by atoms with Crippen LogP contribution in [0.25, 0.3) is 0 Å². The summed E-state index contributed by atoms with van der Waals surface area (Å²) < 4.78 is 5.71. The molecule has 0 amide bonds. The maximum absolute atomic E-state index is 12.5. The van der Waals surface area contributed by atoms with Gasteiger partial charge in [-0.15, -0.1) is 0 Å². The van der Waals surface area contributed by atoms with Crippen LogP contribution < -0.4 is 4.74 Å². The van der Waals surface area contributed by atoms with Crippen LogP contribution >= 0.6 is 0 Å². The van der Waals surface area contributed by atoms with Crippen molar-refractivity contribution < 1.29 is 9.53 Å². The van der Waals surface area contributed by atoms with Gasteiger partial charge in [0.25, 0.3) is 0 Å². The van der Waals surface area contributed by atoms with E-state index in [0.29, 0.717) is 6.10 Å². The largest absolute Gasteiger partial charge is 0.490 e. The van der Waals surface area contributed by atoms with Crippen LogP contribution in [0.3, 0.4) is 0 Å². The minimum absolute atomic E-state index is 0.104. The van der Waals surface area contributed by atoms with Crippen molar-refractivity contribution in [2.24, 2.45) is 16.7 Å². The Kier molecular flexibility index (Phi) is 2.57. The topological polar surface area (TPSA) is 26.3 Å². The predicted molar refractivity (Wildman–Crippen MR) is 75.5 cm³/mol. The molecule has 2 aliphatic rings. The van der Waals surface area contributed by atoms with Gasteiger partial charge < -0.3 is 4.74 Å². The van der Waals surface area contributed by atoms with E-state index < -0.39 is 0 Å². The average Bonchev–Trinajstić information content (AvgIpc) is 3.19. The Morgan fingerprint density at radius 2 is 1.58 bits per heavy atom. The number of carbonyl (C=O) groups is 1. The zero-order valence-corrected chi connectivity index (χ0v) is 12.2. The molecule has 0 radical (unpaired) electrons. The molecule has 1 aromatic rings. The van der Waals surface area contributed by atoms with Gasteiger partial charge in [0, 0.05) is 11.5 Å². The fraction of sp³-hybridized carbons (Fsp3) is 0.588. The first kappa shape index (κ1) is 12.7. The first-order valence-corrected chi connectivity index (χ1v) is 7.15. The zero-order valence-electron chi connectivity index (χ0n) is 12.2. The van der Waals surface area contributed by atoms with Crippen LogP contribution in [-0.2, 0) is 0 Å². The molecule has 0 N–H and O–H groups in total. The van der Waals surface area contributed by atoms with Gasteiger partial charge >= 0.3 is 0 Å². The van der Waals surface area contributed by atoms with Crippen molar-refractivity contribution in [3.63, 3.8) is 0 Å². The van der Waals surface area contributed by atoms with Crippen LogP contribution in [0.4, 0.5) is 0 Å². The van der Waals surface area contributed by atoms with Crippen LogP contribution in [0, 0.1) is 16.7 Å². The molecular weight excluding hydrogens is 236 g/mol. The highest BCUT2D eigenvalue weighted by Gasteiger charge is 2.67. The molecule has 3 rings (SSSR count). The second kappa shape index (κ2) is 3.84. The van der Waals surface area contributed by atoms with Crippen LogP contribution in [0.1, 0.15) is 50.9 Å². The highest BCUT2D eigenvalue weighted by atomic mass is 16.5. The molecule has 0 aromatic heterocycles.